The van der Waals surface area contributed by atoms with Gasteiger partial charge in [-0.3, -0.25) is 14.6 Å². The molecule has 2 aliphatic rings. The third-order valence-corrected chi connectivity index (χ3v) is 4.95. The molecule has 1 aromatic rings. The third kappa shape index (κ3) is 5.01. The van der Waals surface area contributed by atoms with Gasteiger partial charge >= 0.3 is 18.2 Å². The standard InChI is InChI=1S/C22H21F3N2O5/c1-21(2,19(29)30)32-17-5-3-4-14(6-11-17)12-27-18(28)13-26(20(27)31)16-9-7-15(8-10-16)22(23,24)25/h4-11H,3,12-13H2,1-2H3,(H,29,30). The van der Waals surface area contributed by atoms with Crippen molar-refractivity contribution >= 4 is 23.6 Å². The number of rotatable bonds is 6. The van der Waals surface area contributed by atoms with E-state index in [0.29, 0.717) is 17.8 Å². The summed E-state index contributed by atoms with van der Waals surface area (Å²) in [7, 11) is 0. The maximum absolute atomic E-state index is 12.8. The lowest BCUT2D eigenvalue weighted by atomic mass is 10.1. The molecule has 0 spiro atoms. The second kappa shape index (κ2) is 8.52. The number of ether oxygens (including phenoxy) is 1. The van der Waals surface area contributed by atoms with Crippen LogP contribution in [0, 0.1) is 0 Å². The maximum atomic E-state index is 12.8. The zero-order valence-electron chi connectivity index (χ0n) is 17.3. The number of benzene rings is 1. The molecule has 1 fully saturated rings. The average Bonchev–Trinajstić information content (AvgIpc) is 2.86. The van der Waals surface area contributed by atoms with Gasteiger partial charge in [0.25, 0.3) is 5.91 Å². The van der Waals surface area contributed by atoms with Crippen LogP contribution in [0.5, 0.6) is 0 Å². The van der Waals surface area contributed by atoms with Crippen LogP contribution in [0.25, 0.3) is 0 Å². The summed E-state index contributed by atoms with van der Waals surface area (Å²) >= 11 is 0. The van der Waals surface area contributed by atoms with Gasteiger partial charge in [0.2, 0.25) is 0 Å². The molecule has 32 heavy (non-hydrogen) atoms. The van der Waals surface area contributed by atoms with E-state index in [9.17, 15) is 32.7 Å². The SMILES string of the molecule is CC(C)(OC1=CCC=C(CN2C(=O)CN(c3ccc(C(F)(F)F)cc3)C2=O)C=C1)C(=O)O. The Labute approximate surface area is 182 Å². The molecule has 0 atom stereocenters. The van der Waals surface area contributed by atoms with Crippen LogP contribution in [0.15, 0.2) is 59.9 Å². The molecule has 1 heterocycles. The quantitative estimate of drug-likeness (QED) is 0.659. The van der Waals surface area contributed by atoms with E-state index >= 15 is 0 Å². The number of imide groups is 1. The van der Waals surface area contributed by atoms with Crippen molar-refractivity contribution < 1.29 is 37.4 Å². The van der Waals surface area contributed by atoms with Crippen LogP contribution in [0.2, 0.25) is 0 Å². The van der Waals surface area contributed by atoms with Gasteiger partial charge in [-0.05, 0) is 62.3 Å². The van der Waals surface area contributed by atoms with Crippen molar-refractivity contribution in [2.24, 2.45) is 0 Å². The largest absolute Gasteiger partial charge is 0.478 e. The topological polar surface area (TPSA) is 87.2 Å². The van der Waals surface area contributed by atoms with Crippen molar-refractivity contribution in [3.63, 3.8) is 0 Å². The van der Waals surface area contributed by atoms with E-state index in [4.69, 9.17) is 4.74 Å². The number of urea groups is 1. The summed E-state index contributed by atoms with van der Waals surface area (Å²) in [5, 5.41) is 9.18. The molecule has 1 aliphatic heterocycles. The molecule has 7 nitrogen and oxygen atoms in total. The summed E-state index contributed by atoms with van der Waals surface area (Å²) in [4.78, 5) is 38.5. The van der Waals surface area contributed by atoms with E-state index in [1.165, 1.54) is 13.8 Å². The number of aliphatic carboxylic acids is 1. The molecule has 1 N–H and O–H groups in total. The first-order valence-corrected chi connectivity index (χ1v) is 9.67. The van der Waals surface area contributed by atoms with E-state index in [1.807, 2.05) is 0 Å². The monoisotopic (exact) mass is 450 g/mol. The van der Waals surface area contributed by atoms with Crippen molar-refractivity contribution in [1.82, 2.24) is 4.90 Å². The molecular formula is C22H21F3N2O5. The number of carboxylic acids is 1. The highest BCUT2D eigenvalue weighted by Crippen LogP contribution is 2.31. The van der Waals surface area contributed by atoms with Gasteiger partial charge in [-0.15, -0.1) is 0 Å². The molecule has 0 bridgehead atoms. The summed E-state index contributed by atoms with van der Waals surface area (Å²) in [5.41, 5.74) is -1.45. The normalized spacial score (nSPS) is 17.3. The van der Waals surface area contributed by atoms with Crippen molar-refractivity contribution in [2.75, 3.05) is 18.0 Å². The molecule has 1 saturated heterocycles. The Bertz CT molecular complexity index is 1020. The number of carboxylic acid groups (broad SMARTS) is 1. The number of anilines is 1. The number of carbonyl (C=O) groups is 3. The zero-order valence-corrected chi connectivity index (χ0v) is 17.3. The minimum Gasteiger partial charge on any atom is -0.478 e. The highest BCUT2D eigenvalue weighted by Gasteiger charge is 2.38. The predicted octanol–water partition coefficient (Wildman–Crippen LogP) is 4.12. The minimum absolute atomic E-state index is 0.0330. The fourth-order valence-electron chi connectivity index (χ4n) is 3.09. The fraction of sp³-hybridized carbons (Fsp3) is 0.318. The lowest BCUT2D eigenvalue weighted by Gasteiger charge is -2.22. The molecule has 3 rings (SSSR count). The number of hydrogen-bond acceptors (Lipinski definition) is 4. The Hall–Kier alpha value is -3.56. The lowest BCUT2D eigenvalue weighted by molar-refractivity contribution is -0.156. The number of carbonyl (C=O) groups excluding carboxylic acids is 2. The molecule has 0 saturated carbocycles. The second-order valence-electron chi connectivity index (χ2n) is 7.77. The van der Waals surface area contributed by atoms with Crippen LogP contribution in [0.1, 0.15) is 25.8 Å². The summed E-state index contributed by atoms with van der Waals surface area (Å²) in [6, 6.07) is 3.39. The van der Waals surface area contributed by atoms with Gasteiger partial charge in [-0.25, -0.2) is 9.59 Å². The van der Waals surface area contributed by atoms with Crippen molar-refractivity contribution in [3.8, 4) is 0 Å². The molecule has 1 aliphatic carbocycles. The van der Waals surface area contributed by atoms with Gasteiger partial charge in [0.15, 0.2) is 5.60 Å². The number of allylic oxidation sites excluding steroid dienone is 3. The van der Waals surface area contributed by atoms with E-state index in [0.717, 1.165) is 34.1 Å². The highest BCUT2D eigenvalue weighted by molar-refractivity contribution is 6.12. The first kappa shape index (κ1) is 23.1. The maximum Gasteiger partial charge on any atom is 0.416 e. The molecule has 10 heteroatoms. The van der Waals surface area contributed by atoms with Crippen LogP contribution >= 0.6 is 0 Å². The Morgan fingerprint density at radius 2 is 1.75 bits per heavy atom. The van der Waals surface area contributed by atoms with Crippen molar-refractivity contribution in [3.05, 3.63) is 65.5 Å². The first-order chi connectivity index (χ1) is 14.9. The number of alkyl halides is 3. The average molecular weight is 450 g/mol. The van der Waals surface area contributed by atoms with E-state index < -0.39 is 35.2 Å². The number of halogens is 3. The third-order valence-electron chi connectivity index (χ3n) is 4.95. The molecule has 170 valence electrons. The van der Waals surface area contributed by atoms with Gasteiger partial charge in [-0.2, -0.15) is 13.2 Å². The first-order valence-electron chi connectivity index (χ1n) is 9.67. The smallest absolute Gasteiger partial charge is 0.416 e. The van der Waals surface area contributed by atoms with Gasteiger partial charge in [0, 0.05) is 5.69 Å². The van der Waals surface area contributed by atoms with Crippen LogP contribution < -0.4 is 4.90 Å². The zero-order chi connectivity index (χ0) is 23.7. The van der Waals surface area contributed by atoms with Gasteiger partial charge < -0.3 is 9.84 Å². The van der Waals surface area contributed by atoms with E-state index in [2.05, 4.69) is 0 Å². The predicted molar refractivity (Wildman–Crippen MR) is 109 cm³/mol. The highest BCUT2D eigenvalue weighted by atomic mass is 19.4. The number of hydrogen-bond donors (Lipinski definition) is 1. The minimum atomic E-state index is -4.50. The molecule has 0 aromatic heterocycles. The van der Waals surface area contributed by atoms with E-state index in [-0.39, 0.29) is 18.8 Å². The Morgan fingerprint density at radius 1 is 1.09 bits per heavy atom. The van der Waals surface area contributed by atoms with Crippen LogP contribution in [-0.4, -0.2) is 46.6 Å². The summed E-state index contributed by atoms with van der Waals surface area (Å²) in [5.74, 6) is -1.26. The second-order valence-corrected chi connectivity index (χ2v) is 7.77. The Balaban J connectivity index is 1.68. The number of amides is 3. The molecule has 1 aromatic carbocycles. The molecule has 0 unspecified atom stereocenters. The molecule has 3 amide bonds. The van der Waals surface area contributed by atoms with E-state index in [1.54, 1.807) is 24.3 Å². The molecular weight excluding hydrogens is 429 g/mol. The summed E-state index contributed by atoms with van der Waals surface area (Å²) in [6.07, 6.45) is 2.52. The number of nitrogens with zero attached hydrogens (tertiary/aromatic N) is 2. The van der Waals surface area contributed by atoms with Crippen LogP contribution in [0.3, 0.4) is 0 Å². The van der Waals surface area contributed by atoms with Crippen molar-refractivity contribution in [1.29, 1.82) is 0 Å². The van der Waals surface area contributed by atoms with Gasteiger partial charge in [0.05, 0.1) is 12.1 Å². The Kier molecular flexibility index (Phi) is 6.16. The summed E-state index contributed by atoms with van der Waals surface area (Å²) < 4.78 is 43.7. The Morgan fingerprint density at radius 3 is 2.34 bits per heavy atom. The van der Waals surface area contributed by atoms with Crippen LogP contribution in [-0.2, 0) is 20.5 Å². The van der Waals surface area contributed by atoms with Gasteiger partial charge in [-0.1, -0.05) is 12.2 Å². The van der Waals surface area contributed by atoms with Crippen LogP contribution in [0.4, 0.5) is 23.7 Å². The molecule has 0 radical (unpaired) electrons. The van der Waals surface area contributed by atoms with Crippen molar-refractivity contribution in [2.45, 2.75) is 32.0 Å². The van der Waals surface area contributed by atoms with Gasteiger partial charge in [0.1, 0.15) is 12.3 Å². The fourth-order valence-corrected chi connectivity index (χ4v) is 3.09. The lowest BCUT2D eigenvalue weighted by Crippen LogP contribution is -2.34. The summed E-state index contributed by atoms with van der Waals surface area (Å²) in [6.45, 7) is 2.52.